The molecule has 0 aromatic heterocycles. The molecule has 4 aromatic carbocycles. The number of allylic oxidation sites excluding steroid dienone is 2. The summed E-state index contributed by atoms with van der Waals surface area (Å²) in [5, 5.41) is 13.5. The molecule has 0 bridgehead atoms. The third kappa shape index (κ3) is 5.10. The van der Waals surface area contributed by atoms with Crippen molar-refractivity contribution in [3.63, 3.8) is 0 Å². The van der Waals surface area contributed by atoms with E-state index in [1.54, 1.807) is 0 Å². The average Bonchev–Trinajstić information content (AvgIpc) is 2.91. The van der Waals surface area contributed by atoms with E-state index in [0.29, 0.717) is 22.8 Å². The van der Waals surface area contributed by atoms with Crippen LogP contribution in [0.1, 0.15) is 54.5 Å². The van der Waals surface area contributed by atoms with Gasteiger partial charge in [-0.05, 0) is 35.2 Å². The first-order chi connectivity index (χ1) is 18.3. The molecule has 0 unspecified atom stereocenters. The fourth-order valence-electron chi connectivity index (χ4n) is 4.95. The van der Waals surface area contributed by atoms with Crippen molar-refractivity contribution in [1.29, 1.82) is 5.26 Å². The smallest absolute Gasteiger partial charge is 0.236 e. The zero-order valence-electron chi connectivity index (χ0n) is 21.9. The quantitative estimate of drug-likeness (QED) is 0.288. The number of fused-ring (bicyclic) bond motifs is 2. The number of benzene rings is 4. The van der Waals surface area contributed by atoms with E-state index in [2.05, 4.69) is 29.6 Å². The zero-order chi connectivity index (χ0) is 26.7. The van der Waals surface area contributed by atoms with Gasteiger partial charge in [-0.25, -0.2) is 0 Å². The monoisotopic (exact) mass is 498 g/mol. The van der Waals surface area contributed by atoms with Gasteiger partial charge in [0, 0.05) is 22.2 Å². The highest BCUT2D eigenvalue weighted by Crippen LogP contribution is 2.44. The van der Waals surface area contributed by atoms with Crippen LogP contribution in [0.15, 0.2) is 109 Å². The lowest BCUT2D eigenvalue weighted by Gasteiger charge is -2.31. The molecular formula is C34H30N2O2. The molecule has 38 heavy (non-hydrogen) atoms. The number of amides is 1. The number of nitriles is 1. The van der Waals surface area contributed by atoms with Crippen LogP contribution in [-0.4, -0.2) is 5.91 Å². The molecule has 5 rings (SSSR count). The summed E-state index contributed by atoms with van der Waals surface area (Å²) in [4.78, 5) is 14.0. The summed E-state index contributed by atoms with van der Waals surface area (Å²) < 4.78 is 6.09. The maximum atomic E-state index is 14.0. The van der Waals surface area contributed by atoms with Crippen molar-refractivity contribution in [2.45, 2.75) is 33.1 Å². The summed E-state index contributed by atoms with van der Waals surface area (Å²) in [6.07, 6.45) is 0.764. The topological polar surface area (TPSA) is 62.1 Å². The number of nitrogens with one attached hydrogen (secondary N) is 1. The third-order valence-corrected chi connectivity index (χ3v) is 6.77. The minimum Gasteiger partial charge on any atom is -0.457 e. The van der Waals surface area contributed by atoms with Crippen molar-refractivity contribution < 1.29 is 9.53 Å². The van der Waals surface area contributed by atoms with Gasteiger partial charge in [0.2, 0.25) is 5.91 Å². The second-order valence-corrected chi connectivity index (χ2v) is 10.6. The Bertz CT molecular complexity index is 1510. The number of ether oxygens (including phenoxy) is 1. The predicted molar refractivity (Wildman–Crippen MR) is 151 cm³/mol. The van der Waals surface area contributed by atoms with Gasteiger partial charge in [-0.15, -0.1) is 0 Å². The molecule has 1 amide bonds. The number of hydrogen-bond acceptors (Lipinski definition) is 3. The van der Waals surface area contributed by atoms with E-state index in [-0.39, 0.29) is 5.91 Å². The summed E-state index contributed by atoms with van der Waals surface area (Å²) in [7, 11) is 0. The minimum atomic E-state index is -0.558. The van der Waals surface area contributed by atoms with Crippen LogP contribution in [-0.2, 0) is 11.2 Å². The second-order valence-electron chi connectivity index (χ2n) is 10.6. The molecule has 1 N–H and O–H groups in total. The Morgan fingerprint density at radius 2 is 1.39 bits per heavy atom. The Labute approximate surface area is 224 Å². The van der Waals surface area contributed by atoms with Gasteiger partial charge in [-0.2, -0.15) is 5.26 Å². The van der Waals surface area contributed by atoms with Gasteiger partial charge in [0.15, 0.2) is 0 Å². The minimum absolute atomic E-state index is 0.189. The average molecular weight is 499 g/mol. The van der Waals surface area contributed by atoms with E-state index >= 15 is 0 Å². The van der Waals surface area contributed by atoms with Crippen molar-refractivity contribution in [2.75, 3.05) is 0 Å². The van der Waals surface area contributed by atoms with E-state index in [0.717, 1.165) is 28.7 Å². The highest BCUT2D eigenvalue weighted by Gasteiger charge is 2.35. The first kappa shape index (κ1) is 25.0. The molecule has 188 valence electrons. The molecule has 4 heteroatoms. The van der Waals surface area contributed by atoms with Crippen LogP contribution in [0.2, 0.25) is 0 Å². The molecule has 1 aliphatic rings. The normalized spacial score (nSPS) is 13.3. The Balaban J connectivity index is 1.55. The second kappa shape index (κ2) is 10.4. The van der Waals surface area contributed by atoms with E-state index in [1.807, 2.05) is 106 Å². The van der Waals surface area contributed by atoms with Gasteiger partial charge in [-0.1, -0.05) is 112 Å². The molecule has 0 atom stereocenters. The fraction of sp³-hybridized carbons (Fsp3) is 0.176. The lowest BCUT2D eigenvalue weighted by atomic mass is 9.84. The van der Waals surface area contributed by atoms with Crippen molar-refractivity contribution >= 4 is 11.5 Å². The Kier molecular flexibility index (Phi) is 6.85. The van der Waals surface area contributed by atoms with Crippen LogP contribution in [0.3, 0.4) is 0 Å². The lowest BCUT2D eigenvalue weighted by molar-refractivity contribution is -0.121. The van der Waals surface area contributed by atoms with Gasteiger partial charge >= 0.3 is 0 Å². The van der Waals surface area contributed by atoms with E-state index in [9.17, 15) is 10.1 Å². The number of para-hydroxylation sites is 2. The summed E-state index contributed by atoms with van der Waals surface area (Å²) in [6.45, 7) is 6.04. The SMILES string of the molecule is CC(C)(C)/C(NC(=O)C1c2ccccc2Oc2ccccc21)=C(\C#N)c1cccc(Cc2ccccc2)c1. The highest BCUT2D eigenvalue weighted by atomic mass is 16.5. The van der Waals surface area contributed by atoms with Gasteiger partial charge in [0.05, 0.1) is 11.5 Å². The maximum Gasteiger partial charge on any atom is 0.236 e. The van der Waals surface area contributed by atoms with Gasteiger partial charge < -0.3 is 10.1 Å². The zero-order valence-corrected chi connectivity index (χ0v) is 21.9. The van der Waals surface area contributed by atoms with E-state index in [1.165, 1.54) is 5.56 Å². The molecular weight excluding hydrogens is 468 g/mol. The number of carbonyl (C=O) groups excluding carboxylic acids is 1. The van der Waals surface area contributed by atoms with Crippen molar-refractivity contribution in [3.05, 3.63) is 137 Å². The maximum absolute atomic E-state index is 14.0. The molecule has 0 fully saturated rings. The summed E-state index contributed by atoms with van der Waals surface area (Å²) in [6, 6.07) is 35.9. The molecule has 0 spiro atoms. The predicted octanol–water partition coefficient (Wildman–Crippen LogP) is 7.61. The van der Waals surface area contributed by atoms with Gasteiger partial charge in [-0.3, -0.25) is 4.79 Å². The highest BCUT2D eigenvalue weighted by molar-refractivity contribution is 5.93. The van der Waals surface area contributed by atoms with Crippen LogP contribution in [0.4, 0.5) is 0 Å². The third-order valence-electron chi connectivity index (χ3n) is 6.77. The van der Waals surface area contributed by atoms with Crippen LogP contribution >= 0.6 is 0 Å². The number of hydrogen-bond donors (Lipinski definition) is 1. The Morgan fingerprint density at radius 1 is 0.816 bits per heavy atom. The van der Waals surface area contributed by atoms with Crippen molar-refractivity contribution in [1.82, 2.24) is 5.32 Å². The first-order valence-corrected chi connectivity index (χ1v) is 12.8. The van der Waals surface area contributed by atoms with Crippen LogP contribution in [0.25, 0.3) is 5.57 Å². The molecule has 0 saturated heterocycles. The summed E-state index contributed by atoms with van der Waals surface area (Å²) in [5.41, 5.74) is 5.29. The lowest BCUT2D eigenvalue weighted by Crippen LogP contribution is -2.36. The molecule has 4 aromatic rings. The van der Waals surface area contributed by atoms with Gasteiger partial charge in [0.25, 0.3) is 0 Å². The molecule has 0 aliphatic carbocycles. The Hall–Kier alpha value is -4.62. The number of rotatable bonds is 5. The van der Waals surface area contributed by atoms with E-state index < -0.39 is 11.3 Å². The molecule has 0 radical (unpaired) electrons. The standard InChI is InChI=1S/C34H30N2O2/c1-34(2,3)32(28(22-35)25-15-11-14-24(21-25)20-23-12-5-4-6-13-23)36-33(37)31-26-16-7-9-18-29(26)38-30-19-10-8-17-27(30)31/h4-19,21,31H,20H2,1-3H3,(H,36,37)/b32-28-. The summed E-state index contributed by atoms with van der Waals surface area (Å²) >= 11 is 0. The van der Waals surface area contributed by atoms with Gasteiger partial charge in [0.1, 0.15) is 17.6 Å². The van der Waals surface area contributed by atoms with Crippen molar-refractivity contribution in [3.8, 4) is 17.6 Å². The molecule has 0 saturated carbocycles. The van der Waals surface area contributed by atoms with Crippen molar-refractivity contribution in [2.24, 2.45) is 5.41 Å². The van der Waals surface area contributed by atoms with E-state index in [4.69, 9.17) is 4.74 Å². The number of carbonyl (C=O) groups is 1. The van der Waals surface area contributed by atoms with Crippen LogP contribution < -0.4 is 10.1 Å². The first-order valence-electron chi connectivity index (χ1n) is 12.8. The molecule has 4 nitrogen and oxygen atoms in total. The van der Waals surface area contributed by atoms with Crippen LogP contribution in [0, 0.1) is 16.7 Å². The molecule has 1 aliphatic heterocycles. The molecule has 1 heterocycles. The largest absolute Gasteiger partial charge is 0.457 e. The fourth-order valence-corrected chi connectivity index (χ4v) is 4.95. The Morgan fingerprint density at radius 3 is 2.00 bits per heavy atom. The van der Waals surface area contributed by atoms with Crippen LogP contribution in [0.5, 0.6) is 11.5 Å². The number of nitrogens with zero attached hydrogens (tertiary/aromatic N) is 1. The summed E-state index contributed by atoms with van der Waals surface area (Å²) in [5.74, 6) is 0.590.